The lowest BCUT2D eigenvalue weighted by Crippen LogP contribution is -1.97. The number of aromatic carboxylic acids is 1. The van der Waals surface area contributed by atoms with Gasteiger partial charge in [-0.1, -0.05) is 0 Å². The van der Waals surface area contributed by atoms with Crippen molar-refractivity contribution in [1.29, 1.82) is 0 Å². The van der Waals surface area contributed by atoms with Crippen LogP contribution in [0.15, 0.2) is 42.3 Å². The normalized spacial score (nSPS) is 10.4. The molecule has 3 heterocycles. The molecule has 0 saturated carbocycles. The maximum Gasteiger partial charge on any atom is 0.335 e. The molecule has 0 radical (unpaired) electrons. The number of hydrogen-bond acceptors (Lipinski definition) is 6. The lowest BCUT2D eigenvalue weighted by atomic mass is 10.2. The van der Waals surface area contributed by atoms with Crippen LogP contribution in [-0.2, 0) is 0 Å². The summed E-state index contributed by atoms with van der Waals surface area (Å²) in [6.07, 6.45) is 6.27. The molecule has 3 rings (SSSR count). The predicted octanol–water partition coefficient (Wildman–Crippen LogP) is 2.36. The first-order chi connectivity index (χ1) is 9.74. The fraction of sp³-hybridized carbons (Fsp3) is 0. The van der Waals surface area contributed by atoms with E-state index in [2.05, 4.69) is 19.9 Å². The van der Waals surface area contributed by atoms with Crippen LogP contribution in [0.3, 0.4) is 0 Å². The fourth-order valence-electron chi connectivity index (χ4n) is 1.62. The smallest absolute Gasteiger partial charge is 0.335 e. The van der Waals surface area contributed by atoms with Gasteiger partial charge in [0.2, 0.25) is 0 Å². The summed E-state index contributed by atoms with van der Waals surface area (Å²) in [5.74, 6) is -0.987. The first kappa shape index (κ1) is 12.4. The summed E-state index contributed by atoms with van der Waals surface area (Å²) < 4.78 is 0. The molecule has 7 heteroatoms. The Morgan fingerprint density at radius 1 is 1.10 bits per heavy atom. The molecule has 0 atom stereocenters. The van der Waals surface area contributed by atoms with Gasteiger partial charge in [-0.3, -0.25) is 15.0 Å². The van der Waals surface area contributed by atoms with Gasteiger partial charge in [0.05, 0.1) is 17.5 Å². The molecule has 3 aromatic heterocycles. The monoisotopic (exact) mass is 284 g/mol. The molecule has 0 spiro atoms. The molecule has 0 fully saturated rings. The summed E-state index contributed by atoms with van der Waals surface area (Å²) in [4.78, 5) is 27.7. The quantitative estimate of drug-likeness (QED) is 0.794. The lowest BCUT2D eigenvalue weighted by molar-refractivity contribution is 0.0697. The molecule has 0 unspecified atom stereocenters. The maximum absolute atomic E-state index is 10.9. The van der Waals surface area contributed by atoms with Crippen molar-refractivity contribution in [1.82, 2.24) is 19.9 Å². The zero-order valence-electron chi connectivity index (χ0n) is 10.1. The first-order valence-electron chi connectivity index (χ1n) is 5.65. The number of pyridine rings is 1. The largest absolute Gasteiger partial charge is 0.478 e. The van der Waals surface area contributed by atoms with Crippen molar-refractivity contribution in [2.75, 3.05) is 0 Å². The topological polar surface area (TPSA) is 88.9 Å². The third-order valence-corrected chi connectivity index (χ3v) is 3.42. The van der Waals surface area contributed by atoms with Crippen molar-refractivity contribution in [2.24, 2.45) is 0 Å². The number of rotatable bonds is 3. The summed E-state index contributed by atoms with van der Waals surface area (Å²) in [7, 11) is 0. The third kappa shape index (κ3) is 2.39. The fourth-order valence-corrected chi connectivity index (χ4v) is 2.40. The van der Waals surface area contributed by atoms with E-state index in [1.807, 2.05) is 5.38 Å². The van der Waals surface area contributed by atoms with Crippen LogP contribution in [-0.4, -0.2) is 31.0 Å². The number of aromatic nitrogens is 4. The van der Waals surface area contributed by atoms with Gasteiger partial charge in [0, 0.05) is 24.0 Å². The van der Waals surface area contributed by atoms with E-state index in [1.54, 1.807) is 18.6 Å². The first-order valence-corrected chi connectivity index (χ1v) is 6.53. The predicted molar refractivity (Wildman–Crippen MR) is 73.3 cm³/mol. The minimum Gasteiger partial charge on any atom is -0.478 e. The third-order valence-electron chi connectivity index (χ3n) is 2.56. The van der Waals surface area contributed by atoms with Crippen molar-refractivity contribution < 1.29 is 9.90 Å². The number of hydrogen-bond donors (Lipinski definition) is 1. The Kier molecular flexibility index (Phi) is 3.18. The molecule has 0 aromatic carbocycles. The molecule has 0 amide bonds. The van der Waals surface area contributed by atoms with E-state index in [9.17, 15) is 4.79 Å². The van der Waals surface area contributed by atoms with Gasteiger partial charge in [-0.05, 0) is 12.1 Å². The van der Waals surface area contributed by atoms with Gasteiger partial charge in [0.1, 0.15) is 16.4 Å². The second-order valence-electron chi connectivity index (χ2n) is 3.86. The van der Waals surface area contributed by atoms with Gasteiger partial charge in [0.25, 0.3) is 0 Å². The summed E-state index contributed by atoms with van der Waals surface area (Å²) in [5, 5.41) is 11.5. The highest BCUT2D eigenvalue weighted by Crippen LogP contribution is 2.26. The lowest BCUT2D eigenvalue weighted by Gasteiger charge is -1.97. The molecule has 20 heavy (non-hydrogen) atoms. The van der Waals surface area contributed by atoms with Crippen LogP contribution in [0.2, 0.25) is 0 Å². The minimum atomic E-state index is -0.987. The molecule has 3 aromatic rings. The highest BCUT2D eigenvalue weighted by atomic mass is 32.1. The van der Waals surface area contributed by atoms with Crippen molar-refractivity contribution in [2.45, 2.75) is 0 Å². The van der Waals surface area contributed by atoms with Gasteiger partial charge >= 0.3 is 5.97 Å². The van der Waals surface area contributed by atoms with E-state index in [0.29, 0.717) is 22.1 Å². The number of carbonyl (C=O) groups is 1. The van der Waals surface area contributed by atoms with Crippen LogP contribution in [0.4, 0.5) is 0 Å². The average Bonchev–Trinajstić information content (AvgIpc) is 2.98. The second kappa shape index (κ2) is 5.14. The van der Waals surface area contributed by atoms with Crippen LogP contribution in [0.1, 0.15) is 10.4 Å². The van der Waals surface area contributed by atoms with Crippen LogP contribution >= 0.6 is 11.3 Å². The molecule has 0 saturated heterocycles. The average molecular weight is 284 g/mol. The Balaban J connectivity index is 1.98. The standard InChI is InChI=1S/C13H8N4O2S/c18-13(19)8-1-2-15-9(5-8)12-17-11(7-20-12)10-6-14-3-4-16-10/h1-7H,(H,18,19). The van der Waals surface area contributed by atoms with E-state index in [0.717, 1.165) is 0 Å². The number of nitrogens with zero attached hydrogens (tertiary/aromatic N) is 4. The van der Waals surface area contributed by atoms with Gasteiger partial charge in [-0.15, -0.1) is 11.3 Å². The molecule has 98 valence electrons. The zero-order valence-corrected chi connectivity index (χ0v) is 10.9. The number of carboxylic acids is 1. The van der Waals surface area contributed by atoms with E-state index in [1.165, 1.54) is 29.7 Å². The Morgan fingerprint density at radius 3 is 2.70 bits per heavy atom. The van der Waals surface area contributed by atoms with Crippen LogP contribution in [0.5, 0.6) is 0 Å². The van der Waals surface area contributed by atoms with Gasteiger partial charge in [0.15, 0.2) is 0 Å². The zero-order chi connectivity index (χ0) is 13.9. The van der Waals surface area contributed by atoms with Gasteiger partial charge in [-0.2, -0.15) is 0 Å². The Morgan fingerprint density at radius 2 is 1.95 bits per heavy atom. The summed E-state index contributed by atoms with van der Waals surface area (Å²) >= 11 is 1.38. The van der Waals surface area contributed by atoms with Crippen LogP contribution in [0, 0.1) is 0 Å². The Labute approximate surface area is 117 Å². The molecule has 0 aliphatic carbocycles. The van der Waals surface area contributed by atoms with Crippen LogP contribution in [0.25, 0.3) is 22.1 Å². The van der Waals surface area contributed by atoms with Gasteiger partial charge < -0.3 is 5.11 Å². The van der Waals surface area contributed by atoms with E-state index in [4.69, 9.17) is 5.11 Å². The van der Waals surface area contributed by atoms with Crippen molar-refractivity contribution in [3.05, 3.63) is 47.9 Å². The Bertz CT molecular complexity index is 758. The number of carboxylic acid groups (broad SMARTS) is 1. The van der Waals surface area contributed by atoms with E-state index in [-0.39, 0.29) is 5.56 Å². The molecule has 1 N–H and O–H groups in total. The Hall–Kier alpha value is -2.67. The molecule has 0 bridgehead atoms. The van der Waals surface area contributed by atoms with E-state index >= 15 is 0 Å². The number of thiazole rings is 1. The maximum atomic E-state index is 10.9. The molecule has 0 aliphatic heterocycles. The molecular weight excluding hydrogens is 276 g/mol. The molecule has 0 aliphatic rings. The minimum absolute atomic E-state index is 0.186. The highest BCUT2D eigenvalue weighted by molar-refractivity contribution is 7.13. The molecule has 6 nitrogen and oxygen atoms in total. The van der Waals surface area contributed by atoms with Crippen molar-refractivity contribution in [3.8, 4) is 22.1 Å². The molecular formula is C13H8N4O2S. The van der Waals surface area contributed by atoms with Gasteiger partial charge in [-0.25, -0.2) is 9.78 Å². The summed E-state index contributed by atoms with van der Waals surface area (Å²) in [6, 6.07) is 2.95. The van der Waals surface area contributed by atoms with Crippen LogP contribution < -0.4 is 0 Å². The summed E-state index contributed by atoms with van der Waals surface area (Å²) in [6.45, 7) is 0. The highest BCUT2D eigenvalue weighted by Gasteiger charge is 2.11. The SMILES string of the molecule is O=C(O)c1ccnc(-c2nc(-c3cnccn3)cs2)c1. The van der Waals surface area contributed by atoms with E-state index < -0.39 is 5.97 Å². The van der Waals surface area contributed by atoms with Crippen molar-refractivity contribution in [3.63, 3.8) is 0 Å². The summed E-state index contributed by atoms with van der Waals surface area (Å²) in [5.41, 5.74) is 2.08. The second-order valence-corrected chi connectivity index (χ2v) is 4.72. The van der Waals surface area contributed by atoms with Crippen molar-refractivity contribution >= 4 is 17.3 Å².